The second-order valence-electron chi connectivity index (χ2n) is 5.78. The van der Waals surface area contributed by atoms with Crippen LogP contribution in [-0.4, -0.2) is 0 Å². The predicted molar refractivity (Wildman–Crippen MR) is 100 cm³/mol. The molecule has 0 aliphatic heterocycles. The number of rotatable bonds is 3. The Kier molecular flexibility index (Phi) is 3.64. The van der Waals surface area contributed by atoms with E-state index < -0.39 is 0 Å². The minimum atomic E-state index is 0.461. The lowest BCUT2D eigenvalue weighted by Crippen LogP contribution is -1.81. The third kappa shape index (κ3) is 2.70. The van der Waals surface area contributed by atoms with E-state index in [2.05, 4.69) is 65.8 Å². The number of fused-ring (bicyclic) bond motifs is 1. The Morgan fingerprint density at radius 3 is 1.75 bits per heavy atom. The fourth-order valence-corrected chi connectivity index (χ4v) is 2.96. The second kappa shape index (κ2) is 6.09. The fourth-order valence-electron chi connectivity index (χ4n) is 2.96. The first kappa shape index (κ1) is 14.3. The molecule has 0 unspecified atom stereocenters. The van der Waals surface area contributed by atoms with Gasteiger partial charge in [-0.1, -0.05) is 72.8 Å². The summed E-state index contributed by atoms with van der Waals surface area (Å²) in [6.45, 7) is 0. The molecule has 0 heterocycles. The third-order valence-electron chi connectivity index (χ3n) is 4.25. The Hall–Kier alpha value is -3.26. The zero-order chi connectivity index (χ0) is 16.4. The van der Waals surface area contributed by atoms with Gasteiger partial charge in [0.05, 0.1) is 0 Å². The molecule has 4 aromatic carbocycles. The maximum Gasteiger partial charge on any atom is 0.108 e. The lowest BCUT2D eigenvalue weighted by Gasteiger charge is -2.07. The molecule has 0 atom stereocenters. The van der Waals surface area contributed by atoms with E-state index in [1.54, 1.807) is 6.07 Å². The Morgan fingerprint density at radius 1 is 0.500 bits per heavy atom. The van der Waals surface area contributed by atoms with Crippen LogP contribution in [-0.2, 0) is 0 Å². The van der Waals surface area contributed by atoms with Gasteiger partial charge in [-0.3, -0.25) is 0 Å². The van der Waals surface area contributed by atoms with E-state index in [1.807, 2.05) is 24.3 Å². The van der Waals surface area contributed by atoms with Gasteiger partial charge in [-0.2, -0.15) is 0 Å². The number of nitrogens with zero attached hydrogens (tertiary/aromatic N) is 1. The molecule has 0 fully saturated rings. The molecule has 0 aromatic heterocycles. The highest BCUT2D eigenvalue weighted by Crippen LogP contribution is 2.29. The van der Waals surface area contributed by atoms with Gasteiger partial charge in [-0.15, -0.1) is 4.91 Å². The molecular formula is C22H15NO. The van der Waals surface area contributed by atoms with E-state index in [1.165, 1.54) is 16.7 Å². The maximum atomic E-state index is 10.6. The van der Waals surface area contributed by atoms with Crippen molar-refractivity contribution in [3.8, 4) is 22.3 Å². The summed E-state index contributed by atoms with van der Waals surface area (Å²) in [5.41, 5.74) is 5.23. The van der Waals surface area contributed by atoms with Crippen molar-refractivity contribution in [3.05, 3.63) is 95.9 Å². The molecule has 0 saturated carbocycles. The Morgan fingerprint density at radius 2 is 1.04 bits per heavy atom. The van der Waals surface area contributed by atoms with E-state index >= 15 is 0 Å². The minimum Gasteiger partial charge on any atom is -0.145 e. The zero-order valence-corrected chi connectivity index (χ0v) is 13.0. The summed E-state index contributed by atoms with van der Waals surface area (Å²) < 4.78 is 0. The molecule has 0 spiro atoms. The summed E-state index contributed by atoms with van der Waals surface area (Å²) in [6, 6.07) is 30.7. The smallest absolute Gasteiger partial charge is 0.108 e. The quantitative estimate of drug-likeness (QED) is 0.393. The molecule has 0 radical (unpaired) electrons. The number of benzene rings is 4. The highest BCUT2D eigenvalue weighted by atomic mass is 16.3. The number of nitroso groups, excluding NO2 is 1. The van der Waals surface area contributed by atoms with Crippen LogP contribution in [0.5, 0.6) is 0 Å². The van der Waals surface area contributed by atoms with Gasteiger partial charge in [-0.05, 0) is 56.4 Å². The van der Waals surface area contributed by atoms with Crippen molar-refractivity contribution < 1.29 is 0 Å². The van der Waals surface area contributed by atoms with Crippen LogP contribution in [0.25, 0.3) is 33.0 Å². The SMILES string of the molecule is O=Nc1ccc2cc(-c3ccc(-c4ccccc4)cc3)ccc2c1. The number of hydrogen-bond acceptors (Lipinski definition) is 2. The van der Waals surface area contributed by atoms with E-state index in [4.69, 9.17) is 0 Å². The first-order chi connectivity index (χ1) is 11.8. The standard InChI is InChI=1S/C22H15NO/c24-23-22-13-12-20-14-19(10-11-21(20)15-22)18-8-6-17(7-9-18)16-4-2-1-3-5-16/h1-15H. The minimum absolute atomic E-state index is 0.461. The van der Waals surface area contributed by atoms with Gasteiger partial charge in [0, 0.05) is 0 Å². The summed E-state index contributed by atoms with van der Waals surface area (Å²) in [7, 11) is 0. The van der Waals surface area contributed by atoms with Crippen molar-refractivity contribution >= 4 is 16.5 Å². The zero-order valence-electron chi connectivity index (χ0n) is 13.0. The van der Waals surface area contributed by atoms with Gasteiger partial charge in [0.1, 0.15) is 5.69 Å². The largest absolute Gasteiger partial charge is 0.145 e. The molecule has 2 nitrogen and oxygen atoms in total. The van der Waals surface area contributed by atoms with Gasteiger partial charge in [0.25, 0.3) is 0 Å². The molecular weight excluding hydrogens is 294 g/mol. The Balaban J connectivity index is 1.70. The Labute approximate surface area is 140 Å². The van der Waals surface area contributed by atoms with Crippen molar-refractivity contribution in [1.82, 2.24) is 0 Å². The summed E-state index contributed by atoms with van der Waals surface area (Å²) >= 11 is 0. The highest BCUT2D eigenvalue weighted by Gasteiger charge is 2.03. The molecule has 0 N–H and O–H groups in total. The topological polar surface area (TPSA) is 29.4 Å². The molecule has 4 rings (SSSR count). The molecule has 0 aliphatic rings. The van der Waals surface area contributed by atoms with Crippen LogP contribution in [0.3, 0.4) is 0 Å². The molecule has 2 heteroatoms. The predicted octanol–water partition coefficient (Wildman–Crippen LogP) is 6.57. The van der Waals surface area contributed by atoms with Gasteiger partial charge in [-0.25, -0.2) is 0 Å². The van der Waals surface area contributed by atoms with Crippen LogP contribution in [0.15, 0.2) is 96.2 Å². The number of hydrogen-bond donors (Lipinski definition) is 0. The van der Waals surface area contributed by atoms with Gasteiger partial charge in [0.15, 0.2) is 0 Å². The molecule has 0 aliphatic carbocycles. The molecule has 114 valence electrons. The van der Waals surface area contributed by atoms with Crippen LogP contribution in [0.2, 0.25) is 0 Å². The van der Waals surface area contributed by atoms with Crippen LogP contribution in [0.1, 0.15) is 0 Å². The van der Waals surface area contributed by atoms with E-state index in [0.717, 1.165) is 16.3 Å². The summed E-state index contributed by atoms with van der Waals surface area (Å²) in [5, 5.41) is 5.12. The van der Waals surface area contributed by atoms with Crippen molar-refractivity contribution in [2.75, 3.05) is 0 Å². The average molecular weight is 309 g/mol. The molecule has 4 aromatic rings. The van der Waals surface area contributed by atoms with Crippen molar-refractivity contribution in [1.29, 1.82) is 0 Å². The lowest BCUT2D eigenvalue weighted by atomic mass is 9.98. The molecule has 0 amide bonds. The van der Waals surface area contributed by atoms with Crippen LogP contribution in [0.4, 0.5) is 5.69 Å². The lowest BCUT2D eigenvalue weighted by molar-refractivity contribution is 1.52. The maximum absolute atomic E-state index is 10.6. The van der Waals surface area contributed by atoms with Gasteiger partial charge in [0.2, 0.25) is 0 Å². The molecule has 0 bridgehead atoms. The van der Waals surface area contributed by atoms with Gasteiger partial charge < -0.3 is 0 Å². The highest BCUT2D eigenvalue weighted by molar-refractivity contribution is 5.89. The summed E-state index contributed by atoms with van der Waals surface area (Å²) in [6.07, 6.45) is 0. The average Bonchev–Trinajstić information content (AvgIpc) is 2.68. The normalized spacial score (nSPS) is 10.7. The Bertz CT molecular complexity index is 1000. The summed E-state index contributed by atoms with van der Waals surface area (Å²) in [5.74, 6) is 0. The van der Waals surface area contributed by atoms with Crippen LogP contribution < -0.4 is 0 Å². The van der Waals surface area contributed by atoms with E-state index in [-0.39, 0.29) is 0 Å². The van der Waals surface area contributed by atoms with Crippen molar-refractivity contribution in [2.24, 2.45) is 5.18 Å². The monoisotopic (exact) mass is 309 g/mol. The van der Waals surface area contributed by atoms with E-state index in [9.17, 15) is 4.91 Å². The van der Waals surface area contributed by atoms with Crippen LogP contribution in [0, 0.1) is 4.91 Å². The second-order valence-corrected chi connectivity index (χ2v) is 5.78. The van der Waals surface area contributed by atoms with Gasteiger partial charge >= 0.3 is 0 Å². The molecule has 0 saturated heterocycles. The first-order valence-electron chi connectivity index (χ1n) is 7.86. The fraction of sp³-hybridized carbons (Fsp3) is 0. The van der Waals surface area contributed by atoms with E-state index in [0.29, 0.717) is 5.69 Å². The summed E-state index contributed by atoms with van der Waals surface area (Å²) in [4.78, 5) is 10.6. The first-order valence-corrected chi connectivity index (χ1v) is 7.86. The molecule has 24 heavy (non-hydrogen) atoms. The van der Waals surface area contributed by atoms with Crippen LogP contribution >= 0.6 is 0 Å². The van der Waals surface area contributed by atoms with Crippen molar-refractivity contribution in [2.45, 2.75) is 0 Å². The third-order valence-corrected chi connectivity index (χ3v) is 4.25. The van der Waals surface area contributed by atoms with Crippen molar-refractivity contribution in [3.63, 3.8) is 0 Å².